The van der Waals surface area contributed by atoms with E-state index in [2.05, 4.69) is 10.1 Å². The Balaban J connectivity index is 2.66. The highest BCUT2D eigenvalue weighted by Crippen LogP contribution is 2.43. The van der Waals surface area contributed by atoms with Crippen LogP contribution in [0.3, 0.4) is 0 Å². The quantitative estimate of drug-likeness (QED) is 0.444. The van der Waals surface area contributed by atoms with Gasteiger partial charge in [-0.05, 0) is 30.3 Å². The number of amides is 2. The third-order valence-corrected chi connectivity index (χ3v) is 4.13. The Labute approximate surface area is 153 Å². The van der Waals surface area contributed by atoms with Crippen LogP contribution < -0.4 is 10.6 Å². The second-order valence-electron chi connectivity index (χ2n) is 5.12. The first-order valence-corrected chi connectivity index (χ1v) is 8.16. The molecular formula is C15H12F6N2O3S. The molecule has 1 unspecified atom stereocenters. The van der Waals surface area contributed by atoms with Crippen molar-refractivity contribution in [1.82, 2.24) is 10.6 Å². The fourth-order valence-electron chi connectivity index (χ4n) is 2.39. The van der Waals surface area contributed by atoms with Gasteiger partial charge in [0, 0.05) is 4.90 Å². The Bertz CT molecular complexity index is 776. The number of carbonyl (C=O) groups is 2. The zero-order valence-corrected chi connectivity index (χ0v) is 14.3. The molecule has 0 radical (unpaired) electrons. The number of hydrogen-bond donors (Lipinski definition) is 2. The lowest BCUT2D eigenvalue weighted by Crippen LogP contribution is -2.49. The highest BCUT2D eigenvalue weighted by Gasteiger charge is 2.46. The summed E-state index contributed by atoms with van der Waals surface area (Å²) in [6.07, 6.45) is -5.13. The van der Waals surface area contributed by atoms with Crippen molar-refractivity contribution >= 4 is 23.8 Å². The average Bonchev–Trinajstić information content (AvgIpc) is 2.52. The van der Waals surface area contributed by atoms with E-state index in [4.69, 9.17) is 0 Å². The molecule has 0 aliphatic carbocycles. The SMILES string of the molecule is CCOC(=O)C1=C(C(F)(F)F)NC(=O)NC1c1ccccc1SC(F)(F)F. The van der Waals surface area contributed by atoms with Crippen LogP contribution in [-0.2, 0) is 9.53 Å². The van der Waals surface area contributed by atoms with E-state index in [0.717, 1.165) is 12.1 Å². The van der Waals surface area contributed by atoms with Gasteiger partial charge in [-0.15, -0.1) is 0 Å². The Morgan fingerprint density at radius 3 is 2.37 bits per heavy atom. The average molecular weight is 414 g/mol. The Morgan fingerprint density at radius 2 is 1.81 bits per heavy atom. The van der Waals surface area contributed by atoms with Crippen molar-refractivity contribution in [2.24, 2.45) is 0 Å². The molecule has 0 bridgehead atoms. The van der Waals surface area contributed by atoms with Gasteiger partial charge in [-0.2, -0.15) is 26.3 Å². The number of rotatable bonds is 4. The molecule has 2 rings (SSSR count). The van der Waals surface area contributed by atoms with Gasteiger partial charge in [0.05, 0.1) is 18.2 Å². The number of thioether (sulfide) groups is 1. The molecule has 1 aromatic carbocycles. The first kappa shape index (κ1) is 20.9. The first-order valence-electron chi connectivity index (χ1n) is 7.34. The predicted octanol–water partition coefficient (Wildman–Crippen LogP) is 4.03. The number of esters is 1. The molecule has 0 saturated carbocycles. The van der Waals surface area contributed by atoms with Gasteiger partial charge in [-0.1, -0.05) is 18.2 Å². The number of allylic oxidation sites excluding steroid dienone is 1. The lowest BCUT2D eigenvalue weighted by atomic mass is 9.95. The molecule has 1 aromatic rings. The summed E-state index contributed by atoms with van der Waals surface area (Å²) in [5.74, 6) is -1.41. The zero-order valence-electron chi connectivity index (χ0n) is 13.5. The van der Waals surface area contributed by atoms with Crippen LogP contribution in [0.4, 0.5) is 31.1 Å². The number of halogens is 6. The normalized spacial score (nSPS) is 18.0. The zero-order chi connectivity index (χ0) is 20.4. The van der Waals surface area contributed by atoms with Crippen molar-refractivity contribution < 1.29 is 40.7 Å². The summed E-state index contributed by atoms with van der Waals surface area (Å²) in [6.45, 7) is 1.08. The number of hydrogen-bond acceptors (Lipinski definition) is 4. The maximum atomic E-state index is 13.3. The van der Waals surface area contributed by atoms with Gasteiger partial charge >= 0.3 is 23.7 Å². The molecule has 1 aliphatic rings. The molecule has 1 heterocycles. The highest BCUT2D eigenvalue weighted by atomic mass is 32.2. The topological polar surface area (TPSA) is 67.4 Å². The van der Waals surface area contributed by atoms with E-state index in [9.17, 15) is 35.9 Å². The van der Waals surface area contributed by atoms with Crippen LogP contribution in [0.15, 0.2) is 40.4 Å². The van der Waals surface area contributed by atoms with Crippen molar-refractivity contribution in [3.8, 4) is 0 Å². The van der Waals surface area contributed by atoms with Gasteiger partial charge in [0.15, 0.2) is 0 Å². The van der Waals surface area contributed by atoms with Gasteiger partial charge in [0.25, 0.3) is 0 Å². The van der Waals surface area contributed by atoms with E-state index in [1.807, 2.05) is 0 Å². The van der Waals surface area contributed by atoms with E-state index in [-0.39, 0.29) is 12.2 Å². The third-order valence-electron chi connectivity index (χ3n) is 3.31. The lowest BCUT2D eigenvalue weighted by molar-refractivity contribution is -0.140. The lowest BCUT2D eigenvalue weighted by Gasteiger charge is -2.31. The molecule has 1 atom stereocenters. The van der Waals surface area contributed by atoms with Crippen molar-refractivity contribution in [3.05, 3.63) is 41.1 Å². The van der Waals surface area contributed by atoms with E-state index < -0.39 is 57.7 Å². The Morgan fingerprint density at radius 1 is 1.19 bits per heavy atom. The summed E-state index contributed by atoms with van der Waals surface area (Å²) in [5.41, 5.74) is -7.76. The van der Waals surface area contributed by atoms with Crippen LogP contribution in [0.1, 0.15) is 18.5 Å². The standard InChI is InChI=1S/C15H12F6N2O3S/c1-2-26-12(24)9-10(22-13(25)23-11(9)14(16,17)18)7-5-3-4-6-8(7)27-15(19,20)21/h3-6,10H,2H2,1H3,(H2,22,23,25). The third kappa shape index (κ3) is 5.08. The number of ether oxygens (including phenoxy) is 1. The number of urea groups is 1. The van der Waals surface area contributed by atoms with Crippen LogP contribution in [0.25, 0.3) is 0 Å². The molecule has 5 nitrogen and oxygen atoms in total. The fraction of sp³-hybridized carbons (Fsp3) is 0.333. The van der Waals surface area contributed by atoms with E-state index in [1.165, 1.54) is 24.4 Å². The van der Waals surface area contributed by atoms with E-state index >= 15 is 0 Å². The van der Waals surface area contributed by atoms with E-state index in [1.54, 1.807) is 0 Å². The van der Waals surface area contributed by atoms with Crippen LogP contribution in [0.2, 0.25) is 0 Å². The number of nitrogens with one attached hydrogen (secondary N) is 2. The molecule has 2 amide bonds. The smallest absolute Gasteiger partial charge is 0.446 e. The summed E-state index contributed by atoms with van der Waals surface area (Å²) < 4.78 is 83.0. The van der Waals surface area contributed by atoms with Crippen LogP contribution in [-0.4, -0.2) is 30.3 Å². The van der Waals surface area contributed by atoms with Gasteiger partial charge < -0.3 is 15.4 Å². The van der Waals surface area contributed by atoms with Gasteiger partial charge in [-0.25, -0.2) is 9.59 Å². The maximum absolute atomic E-state index is 13.3. The van der Waals surface area contributed by atoms with Crippen molar-refractivity contribution in [2.75, 3.05) is 6.61 Å². The predicted molar refractivity (Wildman–Crippen MR) is 82.5 cm³/mol. The molecule has 148 valence electrons. The molecule has 12 heteroatoms. The molecule has 0 fully saturated rings. The summed E-state index contributed by atoms with van der Waals surface area (Å²) >= 11 is -0.570. The number of benzene rings is 1. The van der Waals surface area contributed by atoms with Crippen molar-refractivity contribution in [1.29, 1.82) is 0 Å². The summed E-state index contributed by atoms with van der Waals surface area (Å²) in [7, 11) is 0. The minimum Gasteiger partial charge on any atom is -0.463 e. The first-order chi connectivity index (χ1) is 12.4. The molecule has 0 spiro atoms. The van der Waals surface area contributed by atoms with Gasteiger partial charge in [-0.3, -0.25) is 0 Å². The van der Waals surface area contributed by atoms with Crippen molar-refractivity contribution in [2.45, 2.75) is 29.5 Å². The van der Waals surface area contributed by atoms with Crippen LogP contribution >= 0.6 is 11.8 Å². The van der Waals surface area contributed by atoms with Gasteiger partial charge in [0.2, 0.25) is 0 Å². The molecule has 27 heavy (non-hydrogen) atoms. The highest BCUT2D eigenvalue weighted by molar-refractivity contribution is 8.00. The minimum absolute atomic E-state index is 0.271. The fourth-order valence-corrected chi connectivity index (χ4v) is 3.09. The van der Waals surface area contributed by atoms with Crippen LogP contribution in [0, 0.1) is 0 Å². The van der Waals surface area contributed by atoms with E-state index in [0.29, 0.717) is 0 Å². The molecular weight excluding hydrogens is 402 g/mol. The Hall–Kier alpha value is -2.37. The van der Waals surface area contributed by atoms with Crippen molar-refractivity contribution in [3.63, 3.8) is 0 Å². The molecule has 0 aromatic heterocycles. The summed E-state index contributed by atoms with van der Waals surface area (Å²) in [6, 6.07) is 1.56. The molecule has 1 aliphatic heterocycles. The number of carbonyl (C=O) groups excluding carboxylic acids is 2. The second-order valence-corrected chi connectivity index (χ2v) is 6.23. The Kier molecular flexibility index (Phi) is 5.97. The largest absolute Gasteiger partial charge is 0.463 e. The molecule has 2 N–H and O–H groups in total. The maximum Gasteiger partial charge on any atom is 0.446 e. The minimum atomic E-state index is -5.13. The van der Waals surface area contributed by atoms with Crippen LogP contribution in [0.5, 0.6) is 0 Å². The molecule has 0 saturated heterocycles. The summed E-state index contributed by atoms with van der Waals surface area (Å²) in [4.78, 5) is 23.4. The van der Waals surface area contributed by atoms with Gasteiger partial charge in [0.1, 0.15) is 5.70 Å². The summed E-state index contributed by atoms with van der Waals surface area (Å²) in [5, 5.41) is 3.55. The number of alkyl halides is 6. The monoisotopic (exact) mass is 414 g/mol. The second kappa shape index (κ2) is 7.71.